The van der Waals surface area contributed by atoms with Crippen molar-refractivity contribution in [3.63, 3.8) is 0 Å². The Morgan fingerprint density at radius 1 is 1.38 bits per heavy atom. The number of halogens is 1. The van der Waals surface area contributed by atoms with Crippen LogP contribution in [0.3, 0.4) is 0 Å². The van der Waals surface area contributed by atoms with Gasteiger partial charge in [-0.3, -0.25) is 9.59 Å². The minimum absolute atomic E-state index is 0.0741. The Bertz CT molecular complexity index is 496. The van der Waals surface area contributed by atoms with Crippen molar-refractivity contribution in [2.75, 3.05) is 13.1 Å². The molecule has 1 aliphatic heterocycles. The summed E-state index contributed by atoms with van der Waals surface area (Å²) in [6.45, 7) is 3.15. The highest BCUT2D eigenvalue weighted by Crippen LogP contribution is 2.14. The number of hydrogen-bond acceptors (Lipinski definition) is 3. The molecular weight excluding hydrogens is 273 g/mol. The van der Waals surface area contributed by atoms with Crippen molar-refractivity contribution in [2.45, 2.75) is 38.6 Å². The molecule has 21 heavy (non-hydrogen) atoms. The van der Waals surface area contributed by atoms with Crippen molar-refractivity contribution in [3.05, 3.63) is 29.8 Å². The highest BCUT2D eigenvalue weighted by molar-refractivity contribution is 5.93. The summed E-state index contributed by atoms with van der Waals surface area (Å²) < 4.78 is 12.8. The monoisotopic (exact) mass is 293 g/mol. The Morgan fingerprint density at radius 3 is 2.67 bits per heavy atom. The summed E-state index contributed by atoms with van der Waals surface area (Å²) in [7, 11) is 0. The largest absolute Gasteiger partial charge is 0.353 e. The van der Waals surface area contributed by atoms with Crippen LogP contribution in [-0.2, 0) is 4.79 Å². The van der Waals surface area contributed by atoms with Gasteiger partial charge in [0.25, 0.3) is 5.91 Å². The van der Waals surface area contributed by atoms with E-state index in [9.17, 15) is 14.0 Å². The van der Waals surface area contributed by atoms with Crippen molar-refractivity contribution in [1.82, 2.24) is 15.2 Å². The van der Waals surface area contributed by atoms with E-state index in [0.29, 0.717) is 25.1 Å². The van der Waals surface area contributed by atoms with Crippen LogP contribution in [0.2, 0.25) is 0 Å². The average molecular weight is 293 g/mol. The van der Waals surface area contributed by atoms with E-state index in [0.717, 1.165) is 19.3 Å². The molecule has 0 bridgehead atoms. The summed E-state index contributed by atoms with van der Waals surface area (Å²) in [5, 5.41) is 2.99. The molecule has 2 amide bonds. The number of nitrogens with one attached hydrogen (secondary N) is 1. The maximum absolute atomic E-state index is 12.8. The van der Waals surface area contributed by atoms with Gasteiger partial charge in [-0.15, -0.1) is 0 Å². The van der Waals surface area contributed by atoms with E-state index in [1.807, 2.05) is 6.92 Å². The van der Waals surface area contributed by atoms with Crippen LogP contribution in [0.25, 0.3) is 0 Å². The molecular formula is C15H20FN3O2. The average Bonchev–Trinajstić information content (AvgIpc) is 2.48. The summed E-state index contributed by atoms with van der Waals surface area (Å²) in [5.74, 6) is -0.658. The molecule has 0 spiro atoms. The lowest BCUT2D eigenvalue weighted by Crippen LogP contribution is -2.46. The Labute approximate surface area is 123 Å². The van der Waals surface area contributed by atoms with Crippen LogP contribution in [0.4, 0.5) is 4.39 Å². The van der Waals surface area contributed by atoms with Gasteiger partial charge in [-0.25, -0.2) is 4.98 Å². The molecule has 6 heteroatoms. The molecule has 2 heterocycles. The molecule has 0 saturated carbocycles. The van der Waals surface area contributed by atoms with E-state index in [4.69, 9.17) is 0 Å². The smallest absolute Gasteiger partial charge is 0.255 e. The zero-order valence-corrected chi connectivity index (χ0v) is 12.1. The molecule has 0 aliphatic carbocycles. The molecule has 1 N–H and O–H groups in total. The Morgan fingerprint density at radius 2 is 2.10 bits per heavy atom. The fourth-order valence-electron chi connectivity index (χ4n) is 2.44. The number of carbonyl (C=O) groups excluding carboxylic acids is 2. The third-order valence-electron chi connectivity index (χ3n) is 3.60. The number of hydrogen-bond donors (Lipinski definition) is 1. The van der Waals surface area contributed by atoms with Crippen molar-refractivity contribution < 1.29 is 14.0 Å². The molecule has 2 rings (SSSR count). The van der Waals surface area contributed by atoms with Crippen molar-refractivity contribution in [3.8, 4) is 0 Å². The highest BCUT2D eigenvalue weighted by Gasteiger charge is 2.24. The van der Waals surface area contributed by atoms with Gasteiger partial charge in [0, 0.05) is 31.7 Å². The summed E-state index contributed by atoms with van der Waals surface area (Å²) >= 11 is 0. The van der Waals surface area contributed by atoms with Gasteiger partial charge < -0.3 is 10.2 Å². The predicted octanol–water partition coefficient (Wildman–Crippen LogP) is 1.74. The third kappa shape index (κ3) is 4.24. The number of nitrogens with zero attached hydrogens (tertiary/aromatic N) is 2. The molecule has 1 saturated heterocycles. The first kappa shape index (κ1) is 15.4. The molecule has 0 aromatic carbocycles. The lowest BCUT2D eigenvalue weighted by molar-refractivity contribution is -0.122. The van der Waals surface area contributed by atoms with Gasteiger partial charge in [0.15, 0.2) is 0 Å². The second-order valence-electron chi connectivity index (χ2n) is 5.25. The lowest BCUT2D eigenvalue weighted by atomic mass is 10.0. The number of piperidine rings is 1. The van der Waals surface area contributed by atoms with Crippen LogP contribution in [0.5, 0.6) is 0 Å². The van der Waals surface area contributed by atoms with E-state index < -0.39 is 5.95 Å². The fraction of sp³-hybridized carbons (Fsp3) is 0.533. The molecule has 5 nitrogen and oxygen atoms in total. The summed E-state index contributed by atoms with van der Waals surface area (Å²) in [4.78, 5) is 29.0. The van der Waals surface area contributed by atoms with Crippen molar-refractivity contribution in [2.24, 2.45) is 0 Å². The Kier molecular flexibility index (Phi) is 5.25. The number of likely N-dealkylation sites (tertiary alicyclic amines) is 1. The van der Waals surface area contributed by atoms with E-state index in [1.165, 1.54) is 18.3 Å². The predicted molar refractivity (Wildman–Crippen MR) is 76.2 cm³/mol. The Balaban J connectivity index is 1.84. The van der Waals surface area contributed by atoms with Crippen LogP contribution in [0.1, 0.15) is 43.0 Å². The zero-order chi connectivity index (χ0) is 15.2. The van der Waals surface area contributed by atoms with Gasteiger partial charge in [-0.2, -0.15) is 4.39 Å². The molecule has 0 atom stereocenters. The normalized spacial score (nSPS) is 15.8. The van der Waals surface area contributed by atoms with E-state index in [-0.39, 0.29) is 17.9 Å². The molecule has 0 unspecified atom stereocenters. The number of aromatic nitrogens is 1. The molecule has 0 radical (unpaired) electrons. The maximum atomic E-state index is 12.8. The van der Waals surface area contributed by atoms with Gasteiger partial charge in [0.2, 0.25) is 11.9 Å². The molecule has 1 aliphatic rings. The lowest BCUT2D eigenvalue weighted by Gasteiger charge is -2.32. The van der Waals surface area contributed by atoms with Gasteiger partial charge >= 0.3 is 0 Å². The molecule has 1 aromatic rings. The highest BCUT2D eigenvalue weighted by atomic mass is 19.1. The quantitative estimate of drug-likeness (QED) is 0.860. The number of carbonyl (C=O) groups is 2. The molecule has 1 fully saturated rings. The van der Waals surface area contributed by atoms with Crippen molar-refractivity contribution >= 4 is 11.8 Å². The standard InChI is InChI=1S/C15H20FN3O2/c1-2-3-14(20)18-12-6-8-19(9-7-12)15(21)11-4-5-13(16)17-10-11/h4-5,10,12H,2-3,6-9H2,1H3,(H,18,20). The van der Waals surface area contributed by atoms with E-state index in [2.05, 4.69) is 10.3 Å². The minimum Gasteiger partial charge on any atom is -0.353 e. The van der Waals surface area contributed by atoms with Gasteiger partial charge in [-0.1, -0.05) is 6.92 Å². The minimum atomic E-state index is -0.594. The first-order valence-corrected chi connectivity index (χ1v) is 7.30. The number of pyridine rings is 1. The van der Waals surface area contributed by atoms with E-state index in [1.54, 1.807) is 4.90 Å². The molecule has 1 aromatic heterocycles. The second kappa shape index (κ2) is 7.15. The SMILES string of the molecule is CCCC(=O)NC1CCN(C(=O)c2ccc(F)nc2)CC1. The topological polar surface area (TPSA) is 62.3 Å². The van der Waals surface area contributed by atoms with Gasteiger partial charge in [-0.05, 0) is 31.4 Å². The molecule has 114 valence electrons. The van der Waals surface area contributed by atoms with Crippen molar-refractivity contribution in [1.29, 1.82) is 0 Å². The van der Waals surface area contributed by atoms with E-state index >= 15 is 0 Å². The summed E-state index contributed by atoms with van der Waals surface area (Å²) in [5.41, 5.74) is 0.393. The summed E-state index contributed by atoms with van der Waals surface area (Å²) in [6, 6.07) is 2.77. The van der Waals surface area contributed by atoms with Crippen LogP contribution in [0, 0.1) is 5.95 Å². The van der Waals surface area contributed by atoms with Crippen LogP contribution in [-0.4, -0.2) is 40.8 Å². The summed E-state index contributed by atoms with van der Waals surface area (Å²) in [6.07, 6.45) is 4.12. The Hall–Kier alpha value is -1.98. The first-order chi connectivity index (χ1) is 10.1. The first-order valence-electron chi connectivity index (χ1n) is 7.30. The third-order valence-corrected chi connectivity index (χ3v) is 3.60. The second-order valence-corrected chi connectivity index (χ2v) is 5.25. The number of amides is 2. The van der Waals surface area contributed by atoms with Crippen LogP contribution >= 0.6 is 0 Å². The van der Waals surface area contributed by atoms with Crippen LogP contribution < -0.4 is 5.32 Å². The van der Waals surface area contributed by atoms with Gasteiger partial charge in [0.1, 0.15) is 0 Å². The van der Waals surface area contributed by atoms with Gasteiger partial charge in [0.05, 0.1) is 5.56 Å². The van der Waals surface area contributed by atoms with Crippen LogP contribution in [0.15, 0.2) is 18.3 Å². The number of rotatable bonds is 4. The maximum Gasteiger partial charge on any atom is 0.255 e. The zero-order valence-electron chi connectivity index (χ0n) is 12.1. The fourth-order valence-corrected chi connectivity index (χ4v) is 2.44.